The number of carboxylic acids is 1. The van der Waals surface area contributed by atoms with Gasteiger partial charge in [0, 0.05) is 5.69 Å². The van der Waals surface area contributed by atoms with Gasteiger partial charge in [0.05, 0.1) is 5.69 Å². The van der Waals surface area contributed by atoms with E-state index in [0.29, 0.717) is 17.7 Å². The van der Waals surface area contributed by atoms with E-state index in [1.165, 1.54) is 12.1 Å². The maximum atomic E-state index is 10.8. The molecule has 1 aromatic carbocycles. The summed E-state index contributed by atoms with van der Waals surface area (Å²) in [5, 5.41) is 8.06. The summed E-state index contributed by atoms with van der Waals surface area (Å²) < 4.78 is 30.2. The molecule has 0 radical (unpaired) electrons. The maximum absolute atomic E-state index is 10.8. The van der Waals surface area contributed by atoms with Crippen LogP contribution in [0.4, 0.5) is 11.4 Å². The Labute approximate surface area is 117 Å². The van der Waals surface area contributed by atoms with Crippen LogP contribution >= 0.6 is 0 Å². The zero-order chi connectivity index (χ0) is 16.1. The lowest BCUT2D eigenvalue weighted by atomic mass is 10.2. The number of carbonyl (C=O) groups is 1. The second-order valence-electron chi connectivity index (χ2n) is 4.07. The van der Waals surface area contributed by atoms with Crippen molar-refractivity contribution in [2.24, 2.45) is 5.73 Å². The van der Waals surface area contributed by atoms with Crippen LogP contribution in [-0.4, -0.2) is 30.1 Å². The Morgan fingerprint density at radius 3 is 2.10 bits per heavy atom. The Morgan fingerprint density at radius 1 is 1.30 bits per heavy atom. The molecule has 9 heteroatoms. The minimum absolute atomic E-state index is 0.0504. The molecular weight excluding hydrogens is 286 g/mol. The highest BCUT2D eigenvalue weighted by molar-refractivity contribution is 7.86. The van der Waals surface area contributed by atoms with Crippen molar-refractivity contribution in [1.29, 1.82) is 0 Å². The zero-order valence-electron chi connectivity index (χ0n) is 11.2. The Kier molecular flexibility index (Phi) is 6.43. The predicted octanol–water partition coefficient (Wildman–Crippen LogP) is 0.214. The number of aliphatic carboxylic acids is 1. The van der Waals surface area contributed by atoms with Gasteiger partial charge in [-0.3, -0.25) is 9.35 Å². The minimum atomic E-state index is -4.25. The lowest BCUT2D eigenvalue weighted by Gasteiger charge is -2.05. The molecule has 0 saturated carbocycles. The van der Waals surface area contributed by atoms with Crippen LogP contribution in [0.25, 0.3) is 0 Å². The van der Waals surface area contributed by atoms with E-state index in [0.717, 1.165) is 0 Å². The lowest BCUT2D eigenvalue weighted by Crippen LogP contribution is -2.28. The first-order chi connectivity index (χ1) is 9.00. The van der Waals surface area contributed by atoms with Crippen molar-refractivity contribution < 1.29 is 22.9 Å². The molecule has 0 spiro atoms. The molecule has 0 aliphatic heterocycles. The van der Waals surface area contributed by atoms with Crippen LogP contribution in [0.3, 0.4) is 0 Å². The Bertz CT molecular complexity index is 586. The van der Waals surface area contributed by atoms with Crippen LogP contribution in [0.5, 0.6) is 0 Å². The molecule has 0 aliphatic rings. The van der Waals surface area contributed by atoms with E-state index < -0.39 is 22.1 Å². The van der Waals surface area contributed by atoms with E-state index >= 15 is 0 Å². The Hall–Kier alpha value is -1.84. The molecule has 20 heavy (non-hydrogen) atoms. The van der Waals surface area contributed by atoms with Crippen molar-refractivity contribution in [2.45, 2.75) is 31.2 Å². The molecular formula is C11H19N3O5S. The molecule has 1 atom stereocenters. The Balaban J connectivity index is 0.000000441. The number of anilines is 2. The van der Waals surface area contributed by atoms with E-state index in [4.69, 9.17) is 26.9 Å². The number of rotatable bonds is 3. The van der Waals surface area contributed by atoms with Crippen molar-refractivity contribution in [3.8, 4) is 0 Å². The first kappa shape index (κ1) is 18.2. The fourth-order valence-corrected chi connectivity index (χ4v) is 1.80. The number of carboxylic acid groups (broad SMARTS) is 1. The van der Waals surface area contributed by atoms with Gasteiger partial charge in [-0.2, -0.15) is 8.42 Å². The third-order valence-corrected chi connectivity index (χ3v) is 3.34. The molecule has 0 aromatic heterocycles. The average Bonchev–Trinajstić information content (AvgIpc) is 2.32. The van der Waals surface area contributed by atoms with Gasteiger partial charge in [-0.15, -0.1) is 0 Å². The summed E-state index contributed by atoms with van der Waals surface area (Å²) in [6, 6.07) is 1.86. The molecule has 0 heterocycles. The van der Waals surface area contributed by atoms with Crippen LogP contribution in [0, 0.1) is 6.92 Å². The second kappa shape index (κ2) is 7.08. The lowest BCUT2D eigenvalue weighted by molar-refractivity contribution is -0.138. The first-order valence-corrected chi connectivity index (χ1v) is 7.06. The molecule has 0 aliphatic carbocycles. The van der Waals surface area contributed by atoms with Gasteiger partial charge in [-0.05, 0) is 31.0 Å². The molecule has 8 nitrogen and oxygen atoms in total. The predicted molar refractivity (Wildman–Crippen MR) is 75.7 cm³/mol. The summed E-state index contributed by atoms with van der Waals surface area (Å²) in [5.41, 5.74) is 16.8. The van der Waals surface area contributed by atoms with Crippen LogP contribution in [0.2, 0.25) is 0 Å². The van der Waals surface area contributed by atoms with Gasteiger partial charge in [0.15, 0.2) is 0 Å². The number of hydrogen-bond donors (Lipinski definition) is 5. The largest absolute Gasteiger partial charge is 0.480 e. The zero-order valence-corrected chi connectivity index (χ0v) is 12.0. The standard InChI is InChI=1S/C7H10N2O3S.C4H9NO2/c1-4-2-7(13(10,11)12)6(9)3-5(4)8;1-2-3(5)4(6)7/h2-3H,8-9H2,1H3,(H,10,11,12);3H,2,5H2,1H3,(H,6,7). The number of nitrogens with two attached hydrogens (primary N) is 3. The van der Waals surface area contributed by atoms with Crippen LogP contribution in [0.15, 0.2) is 17.0 Å². The van der Waals surface area contributed by atoms with Gasteiger partial charge in [0.2, 0.25) is 0 Å². The van der Waals surface area contributed by atoms with Crippen molar-refractivity contribution in [1.82, 2.24) is 0 Å². The van der Waals surface area contributed by atoms with Gasteiger partial charge in [-0.1, -0.05) is 6.92 Å². The summed E-state index contributed by atoms with van der Waals surface area (Å²) in [6.45, 7) is 3.36. The van der Waals surface area contributed by atoms with E-state index in [9.17, 15) is 13.2 Å². The molecule has 114 valence electrons. The van der Waals surface area contributed by atoms with Crippen molar-refractivity contribution in [3.05, 3.63) is 17.7 Å². The SMILES string of the molecule is CCC(N)C(=O)O.Cc1cc(S(=O)(=O)O)c(N)cc1N. The topological polar surface area (TPSA) is 170 Å². The van der Waals surface area contributed by atoms with E-state index in [1.807, 2.05) is 0 Å². The number of nitrogen functional groups attached to an aromatic ring is 2. The molecule has 1 aromatic rings. The van der Waals surface area contributed by atoms with Gasteiger partial charge in [0.1, 0.15) is 10.9 Å². The molecule has 0 bridgehead atoms. The maximum Gasteiger partial charge on any atom is 0.320 e. The summed E-state index contributed by atoms with van der Waals surface area (Å²) in [6.07, 6.45) is 0.495. The van der Waals surface area contributed by atoms with Crippen LogP contribution < -0.4 is 17.2 Å². The highest BCUT2D eigenvalue weighted by Crippen LogP contribution is 2.23. The third-order valence-electron chi connectivity index (χ3n) is 2.43. The van der Waals surface area contributed by atoms with Crippen molar-refractivity contribution in [3.63, 3.8) is 0 Å². The monoisotopic (exact) mass is 305 g/mol. The molecule has 0 fully saturated rings. The average molecular weight is 305 g/mol. The van der Waals surface area contributed by atoms with Crippen LogP contribution in [-0.2, 0) is 14.9 Å². The molecule has 0 amide bonds. The highest BCUT2D eigenvalue weighted by Gasteiger charge is 2.14. The fraction of sp³-hybridized carbons (Fsp3) is 0.364. The first-order valence-electron chi connectivity index (χ1n) is 5.62. The summed E-state index contributed by atoms with van der Waals surface area (Å²) in [5.74, 6) is -0.928. The Morgan fingerprint density at radius 2 is 1.80 bits per heavy atom. The van der Waals surface area contributed by atoms with Gasteiger partial charge in [0.25, 0.3) is 10.1 Å². The summed E-state index contributed by atoms with van der Waals surface area (Å²) in [4.78, 5) is 9.50. The van der Waals surface area contributed by atoms with E-state index in [2.05, 4.69) is 0 Å². The number of benzene rings is 1. The highest BCUT2D eigenvalue weighted by atomic mass is 32.2. The van der Waals surface area contributed by atoms with Gasteiger partial charge < -0.3 is 22.3 Å². The van der Waals surface area contributed by atoms with Gasteiger partial charge in [-0.25, -0.2) is 0 Å². The number of hydrogen-bond acceptors (Lipinski definition) is 6. The molecule has 1 rings (SSSR count). The summed E-state index contributed by atoms with van der Waals surface area (Å²) in [7, 11) is -4.25. The third kappa shape index (κ3) is 5.43. The summed E-state index contributed by atoms with van der Waals surface area (Å²) >= 11 is 0. The second-order valence-corrected chi connectivity index (χ2v) is 5.46. The minimum Gasteiger partial charge on any atom is -0.480 e. The van der Waals surface area contributed by atoms with Crippen molar-refractivity contribution >= 4 is 27.5 Å². The van der Waals surface area contributed by atoms with E-state index in [1.54, 1.807) is 13.8 Å². The van der Waals surface area contributed by atoms with Crippen molar-refractivity contribution in [2.75, 3.05) is 11.5 Å². The number of aryl methyl sites for hydroxylation is 1. The molecule has 8 N–H and O–H groups in total. The van der Waals surface area contributed by atoms with Crippen LogP contribution in [0.1, 0.15) is 18.9 Å². The molecule has 0 saturated heterocycles. The smallest absolute Gasteiger partial charge is 0.320 e. The normalized spacial score (nSPS) is 12.2. The van der Waals surface area contributed by atoms with E-state index in [-0.39, 0.29) is 10.6 Å². The van der Waals surface area contributed by atoms with Gasteiger partial charge >= 0.3 is 5.97 Å². The quantitative estimate of drug-likeness (QED) is 0.390. The fourth-order valence-electron chi connectivity index (χ4n) is 1.11. The molecule has 1 unspecified atom stereocenters.